The minimum absolute atomic E-state index is 0. The van der Waals surface area contributed by atoms with Crippen LogP contribution in [0.4, 0.5) is 0 Å². The van der Waals surface area contributed by atoms with E-state index in [1.165, 1.54) is 0 Å². The van der Waals surface area contributed by atoms with E-state index in [0.29, 0.717) is 0 Å². The van der Waals surface area contributed by atoms with Gasteiger partial charge in [0.1, 0.15) is 0 Å². The highest BCUT2D eigenvalue weighted by Gasteiger charge is 2.26. The van der Waals surface area contributed by atoms with E-state index in [4.69, 9.17) is 0 Å². The van der Waals surface area contributed by atoms with Crippen LogP contribution in [0.3, 0.4) is 0 Å². The third kappa shape index (κ3) is 3.91. The second-order valence-corrected chi connectivity index (χ2v) is 4.95. The van der Waals surface area contributed by atoms with Crippen LogP contribution in [-0.2, 0) is 4.79 Å². The second kappa shape index (κ2) is 7.46. The van der Waals surface area contributed by atoms with Gasteiger partial charge in [0.25, 0.3) is 0 Å². The largest absolute Gasteiger partial charge is 0.339 e. The summed E-state index contributed by atoms with van der Waals surface area (Å²) in [5.41, 5.74) is 1.13. The first kappa shape index (κ1) is 15.9. The zero-order chi connectivity index (χ0) is 13.0. The molecule has 1 aromatic heterocycles. The molecule has 0 saturated carbocycles. The van der Waals surface area contributed by atoms with E-state index in [1.54, 1.807) is 12.4 Å². The molecule has 2 atom stereocenters. The van der Waals surface area contributed by atoms with Crippen LogP contribution in [0, 0.1) is 5.92 Å². The van der Waals surface area contributed by atoms with Crippen molar-refractivity contribution in [1.82, 2.24) is 15.2 Å². The summed E-state index contributed by atoms with van der Waals surface area (Å²) in [4.78, 5) is 18.2. The van der Waals surface area contributed by atoms with E-state index < -0.39 is 0 Å². The van der Waals surface area contributed by atoms with Crippen molar-refractivity contribution in [1.29, 1.82) is 0 Å². The number of aromatic nitrogens is 1. The van der Waals surface area contributed by atoms with E-state index in [0.717, 1.165) is 31.5 Å². The molecule has 2 heterocycles. The Labute approximate surface area is 121 Å². The minimum Gasteiger partial charge on any atom is -0.339 e. The molecule has 0 aromatic carbocycles. The standard InChI is InChI=1S/C14H21N3O.ClH/c1-11(12-5-8-15-9-6-12)17(2)14(18)13-4-3-7-16-10-13;/h5-6,8-9,11,13,16H,3-4,7,10H2,1-2H3;1H. The predicted molar refractivity (Wildman–Crippen MR) is 78.3 cm³/mol. The Morgan fingerprint density at radius 1 is 1.47 bits per heavy atom. The molecule has 2 unspecified atom stereocenters. The Morgan fingerprint density at radius 3 is 2.74 bits per heavy atom. The van der Waals surface area contributed by atoms with Gasteiger partial charge in [0, 0.05) is 26.0 Å². The summed E-state index contributed by atoms with van der Waals surface area (Å²) in [6.45, 7) is 3.91. The highest BCUT2D eigenvalue weighted by Crippen LogP contribution is 2.21. The first-order chi connectivity index (χ1) is 8.70. The molecule has 1 aromatic rings. The second-order valence-electron chi connectivity index (χ2n) is 4.95. The van der Waals surface area contributed by atoms with Crippen LogP contribution in [0.5, 0.6) is 0 Å². The molecule has 1 saturated heterocycles. The third-order valence-electron chi connectivity index (χ3n) is 3.76. The molecule has 2 rings (SSSR count). The van der Waals surface area contributed by atoms with Crippen molar-refractivity contribution in [2.75, 3.05) is 20.1 Å². The Kier molecular flexibility index (Phi) is 6.25. The number of piperidine rings is 1. The summed E-state index contributed by atoms with van der Waals surface area (Å²) >= 11 is 0. The van der Waals surface area contributed by atoms with E-state index in [-0.39, 0.29) is 30.3 Å². The van der Waals surface area contributed by atoms with Crippen molar-refractivity contribution in [2.24, 2.45) is 5.92 Å². The van der Waals surface area contributed by atoms with Gasteiger partial charge < -0.3 is 10.2 Å². The Balaban J connectivity index is 0.00000180. The number of carbonyl (C=O) groups excluding carboxylic acids is 1. The lowest BCUT2D eigenvalue weighted by atomic mass is 9.97. The number of nitrogens with zero attached hydrogens (tertiary/aromatic N) is 2. The topological polar surface area (TPSA) is 45.2 Å². The minimum atomic E-state index is 0. The molecule has 0 bridgehead atoms. The number of nitrogens with one attached hydrogen (secondary N) is 1. The summed E-state index contributed by atoms with van der Waals surface area (Å²) in [5.74, 6) is 0.375. The fraction of sp³-hybridized carbons (Fsp3) is 0.571. The van der Waals surface area contributed by atoms with E-state index in [1.807, 2.05) is 24.1 Å². The highest BCUT2D eigenvalue weighted by molar-refractivity contribution is 5.85. The number of halogens is 1. The molecule has 19 heavy (non-hydrogen) atoms. The zero-order valence-electron chi connectivity index (χ0n) is 11.5. The molecule has 1 fully saturated rings. The maximum absolute atomic E-state index is 12.4. The SMILES string of the molecule is CC(c1ccncc1)N(C)C(=O)C1CCCNC1.Cl. The maximum atomic E-state index is 12.4. The average Bonchev–Trinajstić information content (AvgIpc) is 2.47. The first-order valence-electron chi connectivity index (χ1n) is 6.57. The van der Waals surface area contributed by atoms with Crippen LogP contribution in [-0.4, -0.2) is 35.9 Å². The van der Waals surface area contributed by atoms with Gasteiger partial charge in [-0.15, -0.1) is 12.4 Å². The van der Waals surface area contributed by atoms with Crippen molar-refractivity contribution in [3.05, 3.63) is 30.1 Å². The summed E-state index contributed by atoms with van der Waals surface area (Å²) in [6, 6.07) is 4.03. The summed E-state index contributed by atoms with van der Waals surface area (Å²) in [5, 5.41) is 3.29. The van der Waals surface area contributed by atoms with Crippen LogP contribution >= 0.6 is 12.4 Å². The molecular formula is C14H22ClN3O. The maximum Gasteiger partial charge on any atom is 0.227 e. The van der Waals surface area contributed by atoms with E-state index >= 15 is 0 Å². The Morgan fingerprint density at radius 2 is 2.16 bits per heavy atom. The van der Waals surface area contributed by atoms with Crippen LogP contribution < -0.4 is 5.32 Å². The van der Waals surface area contributed by atoms with Crippen LogP contribution in [0.2, 0.25) is 0 Å². The molecule has 1 amide bonds. The third-order valence-corrected chi connectivity index (χ3v) is 3.76. The van der Waals surface area contributed by atoms with Gasteiger partial charge in [-0.3, -0.25) is 9.78 Å². The smallest absolute Gasteiger partial charge is 0.227 e. The fourth-order valence-corrected chi connectivity index (χ4v) is 2.41. The number of hydrogen-bond acceptors (Lipinski definition) is 3. The number of carbonyl (C=O) groups is 1. The lowest BCUT2D eigenvalue weighted by molar-refractivity contribution is -0.136. The van der Waals surface area contributed by atoms with Gasteiger partial charge in [0.05, 0.1) is 12.0 Å². The van der Waals surface area contributed by atoms with Crippen molar-refractivity contribution >= 4 is 18.3 Å². The quantitative estimate of drug-likeness (QED) is 0.923. The Bertz CT molecular complexity index is 393. The molecule has 1 N–H and O–H groups in total. The van der Waals surface area contributed by atoms with Gasteiger partial charge in [-0.1, -0.05) is 0 Å². The van der Waals surface area contributed by atoms with Crippen molar-refractivity contribution in [3.63, 3.8) is 0 Å². The number of pyridine rings is 1. The van der Waals surface area contributed by atoms with Gasteiger partial charge in [0.15, 0.2) is 0 Å². The summed E-state index contributed by atoms with van der Waals surface area (Å²) in [6.07, 6.45) is 5.63. The molecule has 0 spiro atoms. The first-order valence-corrected chi connectivity index (χ1v) is 6.57. The van der Waals surface area contributed by atoms with Crippen molar-refractivity contribution < 1.29 is 4.79 Å². The fourth-order valence-electron chi connectivity index (χ4n) is 2.41. The molecular weight excluding hydrogens is 262 g/mol. The van der Waals surface area contributed by atoms with E-state index in [2.05, 4.69) is 17.2 Å². The number of amides is 1. The van der Waals surface area contributed by atoms with Gasteiger partial charge in [0.2, 0.25) is 5.91 Å². The lowest BCUT2D eigenvalue weighted by Crippen LogP contribution is -2.42. The number of rotatable bonds is 3. The predicted octanol–water partition coefficient (Wildman–Crippen LogP) is 2.02. The summed E-state index contributed by atoms with van der Waals surface area (Å²) in [7, 11) is 1.89. The molecule has 5 heteroatoms. The van der Waals surface area contributed by atoms with Gasteiger partial charge in [-0.25, -0.2) is 0 Å². The van der Waals surface area contributed by atoms with Crippen LogP contribution in [0.1, 0.15) is 31.4 Å². The molecule has 0 aliphatic carbocycles. The van der Waals surface area contributed by atoms with Crippen LogP contribution in [0.15, 0.2) is 24.5 Å². The monoisotopic (exact) mass is 283 g/mol. The van der Waals surface area contributed by atoms with Crippen molar-refractivity contribution in [2.45, 2.75) is 25.8 Å². The van der Waals surface area contributed by atoms with Crippen molar-refractivity contribution in [3.8, 4) is 0 Å². The molecule has 4 nitrogen and oxygen atoms in total. The normalized spacial score (nSPS) is 20.2. The van der Waals surface area contributed by atoms with Crippen LogP contribution in [0.25, 0.3) is 0 Å². The average molecular weight is 284 g/mol. The molecule has 0 radical (unpaired) electrons. The number of hydrogen-bond donors (Lipinski definition) is 1. The highest BCUT2D eigenvalue weighted by atomic mass is 35.5. The Hall–Kier alpha value is -1.13. The van der Waals surface area contributed by atoms with E-state index in [9.17, 15) is 4.79 Å². The van der Waals surface area contributed by atoms with Gasteiger partial charge in [-0.2, -0.15) is 0 Å². The molecule has 1 aliphatic heterocycles. The molecule has 1 aliphatic rings. The molecule has 106 valence electrons. The van der Waals surface area contributed by atoms with Gasteiger partial charge >= 0.3 is 0 Å². The van der Waals surface area contributed by atoms with Gasteiger partial charge in [-0.05, 0) is 44.0 Å². The zero-order valence-corrected chi connectivity index (χ0v) is 12.3. The lowest BCUT2D eigenvalue weighted by Gasteiger charge is -2.31. The summed E-state index contributed by atoms with van der Waals surface area (Å²) < 4.78 is 0.